The minimum Gasteiger partial charge on any atom is -0.463 e. The summed E-state index contributed by atoms with van der Waals surface area (Å²) in [6.45, 7) is 5.98. The molecule has 1 atom stereocenters. The van der Waals surface area contributed by atoms with Crippen LogP contribution in [0.4, 0.5) is 5.95 Å². The Labute approximate surface area is 159 Å². The van der Waals surface area contributed by atoms with Gasteiger partial charge in [0.25, 0.3) is 0 Å². The molecule has 1 amide bonds. The fourth-order valence-corrected chi connectivity index (χ4v) is 2.47. The molecule has 1 unspecified atom stereocenters. The van der Waals surface area contributed by atoms with E-state index in [2.05, 4.69) is 20.6 Å². The lowest BCUT2D eigenvalue weighted by Crippen LogP contribution is -2.32. The summed E-state index contributed by atoms with van der Waals surface area (Å²) in [5, 5.41) is 5.91. The average Bonchev–Trinajstić information content (AvgIpc) is 2.62. The highest BCUT2D eigenvalue weighted by molar-refractivity contribution is 5.78. The number of aromatic nitrogens is 2. The SMILES string of the molecule is Cc1ccc(C(CC(=O)OC(C)C)NC(=O)CCNc2ncccn2)cc1. The maximum Gasteiger partial charge on any atom is 0.308 e. The van der Waals surface area contributed by atoms with Crippen molar-refractivity contribution in [2.45, 2.75) is 45.8 Å². The molecule has 0 fully saturated rings. The lowest BCUT2D eigenvalue weighted by atomic mass is 10.0. The molecule has 0 aliphatic carbocycles. The molecule has 0 aliphatic rings. The van der Waals surface area contributed by atoms with Crippen LogP contribution in [0.1, 0.15) is 43.9 Å². The van der Waals surface area contributed by atoms with Gasteiger partial charge < -0.3 is 15.4 Å². The van der Waals surface area contributed by atoms with E-state index >= 15 is 0 Å². The van der Waals surface area contributed by atoms with Gasteiger partial charge in [0.1, 0.15) is 0 Å². The third-order valence-electron chi connectivity index (χ3n) is 3.75. The molecule has 27 heavy (non-hydrogen) atoms. The molecule has 0 saturated heterocycles. The maximum atomic E-state index is 12.3. The van der Waals surface area contributed by atoms with E-state index in [9.17, 15) is 9.59 Å². The van der Waals surface area contributed by atoms with Crippen molar-refractivity contribution < 1.29 is 14.3 Å². The number of hydrogen-bond acceptors (Lipinski definition) is 6. The number of aryl methyl sites for hydroxylation is 1. The second-order valence-corrected chi connectivity index (χ2v) is 6.52. The van der Waals surface area contributed by atoms with E-state index in [1.807, 2.05) is 31.2 Å². The van der Waals surface area contributed by atoms with Gasteiger partial charge in [0.15, 0.2) is 0 Å². The average molecular weight is 370 g/mol. The van der Waals surface area contributed by atoms with Gasteiger partial charge in [-0.25, -0.2) is 9.97 Å². The Morgan fingerprint density at radius 2 is 1.78 bits per heavy atom. The lowest BCUT2D eigenvalue weighted by molar-refractivity contribution is -0.148. The number of hydrogen-bond donors (Lipinski definition) is 2. The van der Waals surface area contributed by atoms with Crippen LogP contribution in [0.2, 0.25) is 0 Å². The predicted molar refractivity (Wildman–Crippen MR) is 103 cm³/mol. The number of anilines is 1. The molecule has 0 radical (unpaired) electrons. The molecule has 2 rings (SSSR count). The minimum absolute atomic E-state index is 0.0855. The standard InChI is InChI=1S/C20H26N4O3/c1-14(2)27-19(26)13-17(16-7-5-15(3)6-8-16)24-18(25)9-12-23-20-21-10-4-11-22-20/h4-8,10-11,14,17H,9,12-13H2,1-3H3,(H,24,25)(H,21,22,23). The summed E-state index contributed by atoms with van der Waals surface area (Å²) in [5.41, 5.74) is 1.98. The largest absolute Gasteiger partial charge is 0.463 e. The first-order valence-electron chi connectivity index (χ1n) is 9.00. The monoisotopic (exact) mass is 370 g/mol. The highest BCUT2D eigenvalue weighted by Crippen LogP contribution is 2.19. The Morgan fingerprint density at radius 3 is 2.41 bits per heavy atom. The summed E-state index contributed by atoms with van der Waals surface area (Å²) in [7, 11) is 0. The zero-order valence-corrected chi connectivity index (χ0v) is 15.9. The molecule has 144 valence electrons. The number of carbonyl (C=O) groups is 2. The zero-order chi connectivity index (χ0) is 19.6. The van der Waals surface area contributed by atoms with Gasteiger partial charge in [-0.3, -0.25) is 9.59 Å². The first-order chi connectivity index (χ1) is 12.9. The molecule has 7 heteroatoms. The second kappa shape index (κ2) is 10.3. The quantitative estimate of drug-likeness (QED) is 0.659. The van der Waals surface area contributed by atoms with E-state index in [1.54, 1.807) is 32.3 Å². The number of nitrogens with zero attached hydrogens (tertiary/aromatic N) is 2. The number of ether oxygens (including phenoxy) is 1. The molecule has 0 saturated carbocycles. The number of esters is 1. The third kappa shape index (κ3) is 7.43. The summed E-state index contributed by atoms with van der Waals surface area (Å²) < 4.78 is 5.23. The van der Waals surface area contributed by atoms with Crippen molar-refractivity contribution in [2.75, 3.05) is 11.9 Å². The van der Waals surface area contributed by atoms with Gasteiger partial charge in [0.05, 0.1) is 18.6 Å². The number of amides is 1. The Bertz CT molecular complexity index is 733. The van der Waals surface area contributed by atoms with Crippen LogP contribution in [-0.4, -0.2) is 34.5 Å². The smallest absolute Gasteiger partial charge is 0.308 e. The summed E-state index contributed by atoms with van der Waals surface area (Å²) in [5.74, 6) is -0.0334. The first kappa shape index (κ1) is 20.4. The van der Waals surface area contributed by atoms with Crippen LogP contribution in [0, 0.1) is 6.92 Å². The van der Waals surface area contributed by atoms with E-state index in [4.69, 9.17) is 4.74 Å². The van der Waals surface area contributed by atoms with E-state index in [0.717, 1.165) is 11.1 Å². The first-order valence-corrected chi connectivity index (χ1v) is 9.00. The van der Waals surface area contributed by atoms with Crippen molar-refractivity contribution in [3.63, 3.8) is 0 Å². The van der Waals surface area contributed by atoms with E-state index in [0.29, 0.717) is 12.5 Å². The Hall–Kier alpha value is -2.96. The highest BCUT2D eigenvalue weighted by atomic mass is 16.5. The summed E-state index contributed by atoms with van der Waals surface area (Å²) >= 11 is 0. The maximum absolute atomic E-state index is 12.3. The van der Waals surface area contributed by atoms with Gasteiger partial charge in [0.2, 0.25) is 11.9 Å². The Morgan fingerprint density at radius 1 is 1.11 bits per heavy atom. The number of carbonyl (C=O) groups excluding carboxylic acids is 2. The van der Waals surface area contributed by atoms with Crippen LogP contribution in [-0.2, 0) is 14.3 Å². The van der Waals surface area contributed by atoms with Crippen LogP contribution in [0.5, 0.6) is 0 Å². The predicted octanol–water partition coefficient (Wildman–Crippen LogP) is 2.79. The van der Waals surface area contributed by atoms with Gasteiger partial charge in [-0.15, -0.1) is 0 Å². The lowest BCUT2D eigenvalue weighted by Gasteiger charge is -2.20. The van der Waals surface area contributed by atoms with Gasteiger partial charge in [-0.1, -0.05) is 29.8 Å². The van der Waals surface area contributed by atoms with Crippen LogP contribution in [0.15, 0.2) is 42.7 Å². The van der Waals surface area contributed by atoms with Crippen molar-refractivity contribution in [3.8, 4) is 0 Å². The molecule has 1 aromatic carbocycles. The zero-order valence-electron chi connectivity index (χ0n) is 15.9. The van der Waals surface area contributed by atoms with Crippen molar-refractivity contribution >= 4 is 17.8 Å². The molecule has 7 nitrogen and oxygen atoms in total. The fraction of sp³-hybridized carbons (Fsp3) is 0.400. The molecule has 1 heterocycles. The molecule has 0 bridgehead atoms. The normalized spacial score (nSPS) is 11.7. The second-order valence-electron chi connectivity index (χ2n) is 6.52. The van der Waals surface area contributed by atoms with E-state index in [1.165, 1.54) is 0 Å². The molecular weight excluding hydrogens is 344 g/mol. The van der Waals surface area contributed by atoms with Crippen molar-refractivity contribution in [2.24, 2.45) is 0 Å². The molecule has 2 aromatic rings. The molecule has 1 aromatic heterocycles. The topological polar surface area (TPSA) is 93.2 Å². The van der Waals surface area contributed by atoms with E-state index in [-0.39, 0.29) is 30.8 Å². The number of benzene rings is 1. The fourth-order valence-electron chi connectivity index (χ4n) is 2.47. The minimum atomic E-state index is -0.433. The van der Waals surface area contributed by atoms with Crippen LogP contribution < -0.4 is 10.6 Å². The summed E-state index contributed by atoms with van der Waals surface area (Å²) in [4.78, 5) is 32.5. The van der Waals surface area contributed by atoms with Gasteiger partial charge in [-0.05, 0) is 32.4 Å². The van der Waals surface area contributed by atoms with Crippen molar-refractivity contribution in [1.29, 1.82) is 0 Å². The molecule has 0 aliphatic heterocycles. The summed E-state index contributed by atoms with van der Waals surface area (Å²) in [6.07, 6.45) is 3.39. The van der Waals surface area contributed by atoms with Crippen LogP contribution >= 0.6 is 0 Å². The molecule has 0 spiro atoms. The van der Waals surface area contributed by atoms with Gasteiger partial charge >= 0.3 is 5.97 Å². The van der Waals surface area contributed by atoms with E-state index < -0.39 is 6.04 Å². The number of rotatable bonds is 9. The van der Waals surface area contributed by atoms with Crippen molar-refractivity contribution in [1.82, 2.24) is 15.3 Å². The highest BCUT2D eigenvalue weighted by Gasteiger charge is 2.20. The molecular formula is C20H26N4O3. The van der Waals surface area contributed by atoms with Crippen LogP contribution in [0.25, 0.3) is 0 Å². The van der Waals surface area contributed by atoms with Crippen LogP contribution in [0.3, 0.4) is 0 Å². The Kier molecular flexibility index (Phi) is 7.73. The van der Waals surface area contributed by atoms with Crippen molar-refractivity contribution in [3.05, 3.63) is 53.9 Å². The number of nitrogens with one attached hydrogen (secondary N) is 2. The molecule has 2 N–H and O–H groups in total. The van der Waals surface area contributed by atoms with Gasteiger partial charge in [-0.2, -0.15) is 0 Å². The summed E-state index contributed by atoms with van der Waals surface area (Å²) in [6, 6.07) is 9.03. The third-order valence-corrected chi connectivity index (χ3v) is 3.75. The van der Waals surface area contributed by atoms with Gasteiger partial charge in [0, 0.05) is 25.4 Å². The Balaban J connectivity index is 1.94.